The summed E-state index contributed by atoms with van der Waals surface area (Å²) in [7, 11) is 2.00. The van der Waals surface area contributed by atoms with Gasteiger partial charge in [0.2, 0.25) is 5.95 Å². The summed E-state index contributed by atoms with van der Waals surface area (Å²) in [4.78, 5) is 15.5. The SMILES string of the molecule is Cc1cc(C)nc(N(C)Cc2nccn2Cc2ccccc2)n1. The van der Waals surface area contributed by atoms with Crippen molar-refractivity contribution in [3.8, 4) is 0 Å². The first-order valence-corrected chi connectivity index (χ1v) is 7.69. The van der Waals surface area contributed by atoms with Crippen molar-refractivity contribution in [2.24, 2.45) is 0 Å². The van der Waals surface area contributed by atoms with Crippen molar-refractivity contribution in [3.63, 3.8) is 0 Å². The molecule has 2 aromatic heterocycles. The van der Waals surface area contributed by atoms with Gasteiger partial charge < -0.3 is 9.47 Å². The average molecular weight is 307 g/mol. The van der Waals surface area contributed by atoms with Gasteiger partial charge in [-0.2, -0.15) is 0 Å². The molecule has 0 amide bonds. The first-order valence-electron chi connectivity index (χ1n) is 7.69. The Kier molecular flexibility index (Phi) is 4.37. The van der Waals surface area contributed by atoms with Crippen LogP contribution in [0, 0.1) is 13.8 Å². The zero-order chi connectivity index (χ0) is 16.2. The molecule has 5 heteroatoms. The maximum atomic E-state index is 4.51. The fourth-order valence-electron chi connectivity index (χ4n) is 2.58. The third kappa shape index (κ3) is 3.74. The lowest BCUT2D eigenvalue weighted by atomic mass is 10.2. The smallest absolute Gasteiger partial charge is 0.225 e. The summed E-state index contributed by atoms with van der Waals surface area (Å²) in [5.74, 6) is 1.73. The molecular formula is C18H21N5. The molecule has 0 atom stereocenters. The highest BCUT2D eigenvalue weighted by Gasteiger charge is 2.11. The number of imidazole rings is 1. The van der Waals surface area contributed by atoms with Crippen LogP contribution in [0.5, 0.6) is 0 Å². The summed E-state index contributed by atoms with van der Waals surface area (Å²) in [6.07, 6.45) is 3.85. The second-order valence-electron chi connectivity index (χ2n) is 5.76. The van der Waals surface area contributed by atoms with Crippen LogP contribution in [0.3, 0.4) is 0 Å². The van der Waals surface area contributed by atoms with Crippen LogP contribution in [0.1, 0.15) is 22.8 Å². The molecule has 0 N–H and O–H groups in total. The molecule has 0 saturated carbocycles. The van der Waals surface area contributed by atoms with E-state index in [-0.39, 0.29) is 0 Å². The summed E-state index contributed by atoms with van der Waals surface area (Å²) in [6, 6.07) is 12.4. The molecule has 0 spiro atoms. The highest BCUT2D eigenvalue weighted by Crippen LogP contribution is 2.12. The van der Waals surface area contributed by atoms with Crippen LogP contribution in [0.25, 0.3) is 0 Å². The Morgan fingerprint density at radius 2 is 1.74 bits per heavy atom. The van der Waals surface area contributed by atoms with Crippen LogP contribution in [0.4, 0.5) is 5.95 Å². The molecule has 1 aromatic carbocycles. The van der Waals surface area contributed by atoms with E-state index in [0.717, 1.165) is 29.7 Å². The number of anilines is 1. The van der Waals surface area contributed by atoms with Crippen molar-refractivity contribution in [1.29, 1.82) is 0 Å². The Morgan fingerprint density at radius 1 is 1.04 bits per heavy atom. The van der Waals surface area contributed by atoms with Crippen molar-refractivity contribution >= 4 is 5.95 Å². The fourth-order valence-corrected chi connectivity index (χ4v) is 2.58. The van der Waals surface area contributed by atoms with Gasteiger partial charge in [0.05, 0.1) is 6.54 Å². The van der Waals surface area contributed by atoms with Gasteiger partial charge in [-0.1, -0.05) is 30.3 Å². The van der Waals surface area contributed by atoms with Gasteiger partial charge in [-0.05, 0) is 25.5 Å². The Labute approximate surface area is 136 Å². The maximum absolute atomic E-state index is 4.51. The molecule has 0 fully saturated rings. The third-order valence-electron chi connectivity index (χ3n) is 3.69. The van der Waals surface area contributed by atoms with Crippen molar-refractivity contribution in [1.82, 2.24) is 19.5 Å². The number of nitrogens with zero attached hydrogens (tertiary/aromatic N) is 5. The molecule has 0 aliphatic heterocycles. The van der Waals surface area contributed by atoms with Gasteiger partial charge in [-0.25, -0.2) is 15.0 Å². The highest BCUT2D eigenvalue weighted by molar-refractivity contribution is 5.31. The highest BCUT2D eigenvalue weighted by atomic mass is 15.3. The zero-order valence-electron chi connectivity index (χ0n) is 13.8. The van der Waals surface area contributed by atoms with Crippen LogP contribution in [0.15, 0.2) is 48.8 Å². The molecule has 0 aliphatic rings. The van der Waals surface area contributed by atoms with E-state index in [0.29, 0.717) is 6.54 Å². The van der Waals surface area contributed by atoms with Gasteiger partial charge in [0.1, 0.15) is 5.82 Å². The minimum Gasteiger partial charge on any atom is -0.336 e. The quantitative estimate of drug-likeness (QED) is 0.727. The maximum Gasteiger partial charge on any atom is 0.225 e. The van der Waals surface area contributed by atoms with E-state index in [1.165, 1.54) is 5.56 Å². The van der Waals surface area contributed by atoms with Crippen molar-refractivity contribution in [2.75, 3.05) is 11.9 Å². The van der Waals surface area contributed by atoms with Crippen molar-refractivity contribution < 1.29 is 0 Å². The van der Waals surface area contributed by atoms with Gasteiger partial charge >= 0.3 is 0 Å². The van der Waals surface area contributed by atoms with E-state index in [9.17, 15) is 0 Å². The molecule has 0 saturated heterocycles. The van der Waals surface area contributed by atoms with E-state index in [2.05, 4.69) is 43.8 Å². The Hall–Kier alpha value is -2.69. The van der Waals surface area contributed by atoms with Crippen LogP contribution in [-0.4, -0.2) is 26.6 Å². The second kappa shape index (κ2) is 6.60. The van der Waals surface area contributed by atoms with E-state index in [1.807, 2.05) is 50.3 Å². The van der Waals surface area contributed by atoms with Crippen LogP contribution >= 0.6 is 0 Å². The van der Waals surface area contributed by atoms with E-state index in [1.54, 1.807) is 0 Å². The standard InChI is InChI=1S/C18H21N5/c1-14-11-15(2)21-18(20-14)22(3)13-17-19-9-10-23(17)12-16-7-5-4-6-8-16/h4-11H,12-13H2,1-3H3. The normalized spacial score (nSPS) is 10.7. The van der Waals surface area contributed by atoms with Crippen LogP contribution in [0.2, 0.25) is 0 Å². The molecule has 3 aromatic rings. The number of aryl methyl sites for hydroxylation is 2. The lowest BCUT2D eigenvalue weighted by molar-refractivity contribution is 0.698. The molecule has 2 heterocycles. The van der Waals surface area contributed by atoms with Gasteiger partial charge in [-0.15, -0.1) is 0 Å². The predicted octanol–water partition coefficient (Wildman–Crippen LogP) is 2.97. The van der Waals surface area contributed by atoms with E-state index >= 15 is 0 Å². The molecule has 0 aliphatic carbocycles. The lowest BCUT2D eigenvalue weighted by Crippen LogP contribution is -2.22. The molecule has 5 nitrogen and oxygen atoms in total. The number of hydrogen-bond acceptors (Lipinski definition) is 4. The summed E-state index contributed by atoms with van der Waals surface area (Å²) in [6.45, 7) is 5.46. The minimum absolute atomic E-state index is 0.669. The number of hydrogen-bond donors (Lipinski definition) is 0. The molecule has 0 unspecified atom stereocenters. The summed E-state index contributed by atoms with van der Waals surface area (Å²) in [5.41, 5.74) is 3.22. The minimum atomic E-state index is 0.669. The van der Waals surface area contributed by atoms with Crippen molar-refractivity contribution in [3.05, 3.63) is 71.6 Å². The molecular weight excluding hydrogens is 286 g/mol. The molecule has 0 radical (unpaired) electrons. The third-order valence-corrected chi connectivity index (χ3v) is 3.69. The lowest BCUT2D eigenvalue weighted by Gasteiger charge is -2.18. The van der Waals surface area contributed by atoms with E-state index in [4.69, 9.17) is 0 Å². The Balaban J connectivity index is 1.77. The van der Waals surface area contributed by atoms with Gasteiger partial charge in [0.15, 0.2) is 0 Å². The second-order valence-corrected chi connectivity index (χ2v) is 5.76. The number of rotatable bonds is 5. The summed E-state index contributed by atoms with van der Waals surface area (Å²) in [5, 5.41) is 0. The molecule has 0 bridgehead atoms. The largest absolute Gasteiger partial charge is 0.336 e. The van der Waals surface area contributed by atoms with Gasteiger partial charge in [0, 0.05) is 37.4 Å². The van der Waals surface area contributed by atoms with Gasteiger partial charge in [0.25, 0.3) is 0 Å². The zero-order valence-corrected chi connectivity index (χ0v) is 13.8. The average Bonchev–Trinajstić information content (AvgIpc) is 2.94. The topological polar surface area (TPSA) is 46.8 Å². The molecule has 23 heavy (non-hydrogen) atoms. The number of aromatic nitrogens is 4. The first kappa shape index (κ1) is 15.2. The number of benzene rings is 1. The monoisotopic (exact) mass is 307 g/mol. The molecule has 118 valence electrons. The Morgan fingerprint density at radius 3 is 2.43 bits per heavy atom. The summed E-state index contributed by atoms with van der Waals surface area (Å²) < 4.78 is 2.16. The van der Waals surface area contributed by atoms with Crippen LogP contribution < -0.4 is 4.90 Å². The van der Waals surface area contributed by atoms with E-state index < -0.39 is 0 Å². The first-order chi connectivity index (χ1) is 11.1. The molecule has 3 rings (SSSR count). The van der Waals surface area contributed by atoms with Gasteiger partial charge in [-0.3, -0.25) is 0 Å². The fraction of sp³-hybridized carbons (Fsp3) is 0.278. The summed E-state index contributed by atoms with van der Waals surface area (Å²) >= 11 is 0. The van der Waals surface area contributed by atoms with Crippen molar-refractivity contribution in [2.45, 2.75) is 26.9 Å². The predicted molar refractivity (Wildman–Crippen MR) is 91.4 cm³/mol. The van der Waals surface area contributed by atoms with Crippen LogP contribution in [-0.2, 0) is 13.1 Å². The Bertz CT molecular complexity index is 759.